The van der Waals surface area contributed by atoms with E-state index in [4.69, 9.17) is 11.6 Å². The zero-order valence-corrected chi connectivity index (χ0v) is 11.6. The van der Waals surface area contributed by atoms with Gasteiger partial charge in [0.15, 0.2) is 0 Å². The Labute approximate surface area is 121 Å². The third-order valence-electron chi connectivity index (χ3n) is 3.05. The van der Waals surface area contributed by atoms with Gasteiger partial charge in [0.1, 0.15) is 11.5 Å². The minimum absolute atomic E-state index is 0.447. The maximum absolute atomic E-state index is 10.4. The minimum Gasteiger partial charge on any atom is -0.313 e. The summed E-state index contributed by atoms with van der Waals surface area (Å²) in [7, 11) is 1.80. The van der Waals surface area contributed by atoms with Gasteiger partial charge in [-0.05, 0) is 37.4 Å². The standard InChI is InChI=1S/C14H13ClN4O/c1-16-8-13-18-11-5-4-9(15)7-10(11)14(19(13)20)12-3-2-6-17-12/h2-7,16,20H,8H2,1H3. The Morgan fingerprint density at radius 2 is 2.25 bits per heavy atom. The van der Waals surface area contributed by atoms with Crippen molar-refractivity contribution >= 4 is 35.0 Å². The fraction of sp³-hybridized carbons (Fsp3) is 0.143. The predicted octanol–water partition coefficient (Wildman–Crippen LogP) is 2.60. The van der Waals surface area contributed by atoms with Gasteiger partial charge in [0.05, 0.1) is 17.9 Å². The Morgan fingerprint density at radius 1 is 1.40 bits per heavy atom. The van der Waals surface area contributed by atoms with Gasteiger partial charge in [-0.2, -0.15) is 0 Å². The fourth-order valence-corrected chi connectivity index (χ4v) is 2.36. The highest BCUT2D eigenvalue weighted by molar-refractivity contribution is 6.31. The van der Waals surface area contributed by atoms with E-state index in [2.05, 4.69) is 15.3 Å². The molecule has 5 nitrogen and oxygen atoms in total. The zero-order chi connectivity index (χ0) is 14.1. The van der Waals surface area contributed by atoms with Gasteiger partial charge < -0.3 is 5.32 Å². The summed E-state index contributed by atoms with van der Waals surface area (Å²) in [5.41, 5.74) is 2.80. The average Bonchev–Trinajstić information content (AvgIpc) is 2.94. The third-order valence-corrected chi connectivity index (χ3v) is 3.29. The van der Waals surface area contributed by atoms with E-state index in [1.54, 1.807) is 25.4 Å². The summed E-state index contributed by atoms with van der Waals surface area (Å²) in [5.74, 6) is 0.514. The number of likely N-dealkylation sites (N-methyl/N-ethyl adjacent to an activating group) is 1. The number of benzene rings is 1. The van der Waals surface area contributed by atoms with Gasteiger partial charge in [-0.1, -0.05) is 11.6 Å². The molecule has 0 spiro atoms. The Balaban J connectivity index is 2.22. The summed E-state index contributed by atoms with van der Waals surface area (Å²) in [5, 5.41) is 15.1. The smallest absolute Gasteiger partial charge is 0.149 e. The lowest BCUT2D eigenvalue weighted by Gasteiger charge is -2.28. The zero-order valence-electron chi connectivity index (χ0n) is 10.8. The summed E-state index contributed by atoms with van der Waals surface area (Å²) in [6, 6.07) is 5.40. The van der Waals surface area contributed by atoms with Gasteiger partial charge in [0.25, 0.3) is 0 Å². The number of amidine groups is 1. The van der Waals surface area contributed by atoms with Crippen molar-refractivity contribution < 1.29 is 5.21 Å². The molecule has 0 aromatic heterocycles. The Kier molecular flexibility index (Phi) is 3.40. The molecule has 3 rings (SSSR count). The molecule has 6 heteroatoms. The van der Waals surface area contributed by atoms with Gasteiger partial charge in [-0.25, -0.2) is 10.1 Å². The van der Waals surface area contributed by atoms with E-state index in [1.165, 1.54) is 0 Å². The van der Waals surface area contributed by atoms with Crippen molar-refractivity contribution in [3.05, 3.63) is 46.6 Å². The predicted molar refractivity (Wildman–Crippen MR) is 80.7 cm³/mol. The third kappa shape index (κ3) is 2.16. The molecule has 0 amide bonds. The fourth-order valence-electron chi connectivity index (χ4n) is 2.18. The topological polar surface area (TPSA) is 60.2 Å². The highest BCUT2D eigenvalue weighted by Gasteiger charge is 2.26. The molecule has 2 aliphatic rings. The SMILES string of the molecule is CNCC1=Nc2ccc(Cl)cc2C(=C2C=CC=N2)N1O. The molecule has 0 aliphatic carbocycles. The summed E-state index contributed by atoms with van der Waals surface area (Å²) in [6.45, 7) is 0.447. The van der Waals surface area contributed by atoms with Crippen LogP contribution in [-0.4, -0.2) is 35.9 Å². The molecule has 0 bridgehead atoms. The molecule has 0 saturated carbocycles. The second-order valence-corrected chi connectivity index (χ2v) is 4.84. The number of rotatable bonds is 2. The highest BCUT2D eigenvalue weighted by Crippen LogP contribution is 2.37. The normalized spacial score (nSPS) is 20.4. The van der Waals surface area contributed by atoms with Crippen LogP contribution in [0.3, 0.4) is 0 Å². The first-order chi connectivity index (χ1) is 9.70. The van der Waals surface area contributed by atoms with Crippen LogP contribution in [-0.2, 0) is 0 Å². The number of allylic oxidation sites excluding steroid dienone is 2. The number of hydrogen-bond donors (Lipinski definition) is 2. The number of nitrogens with one attached hydrogen (secondary N) is 1. The van der Waals surface area contributed by atoms with E-state index in [0.717, 1.165) is 16.3 Å². The molecule has 0 unspecified atom stereocenters. The average molecular weight is 289 g/mol. The summed E-state index contributed by atoms with van der Waals surface area (Å²) in [6.07, 6.45) is 5.35. The van der Waals surface area contributed by atoms with Crippen LogP contribution in [0.25, 0.3) is 5.70 Å². The van der Waals surface area contributed by atoms with Crippen LogP contribution in [0.15, 0.2) is 46.0 Å². The van der Waals surface area contributed by atoms with Crippen molar-refractivity contribution in [3.63, 3.8) is 0 Å². The molecule has 1 aromatic rings. The van der Waals surface area contributed by atoms with E-state index in [1.807, 2.05) is 18.2 Å². The molecule has 0 atom stereocenters. The Bertz CT molecular complexity index is 662. The molecular formula is C14H13ClN4O. The van der Waals surface area contributed by atoms with E-state index in [0.29, 0.717) is 28.8 Å². The van der Waals surface area contributed by atoms with Gasteiger partial charge in [0.2, 0.25) is 0 Å². The number of nitrogens with zero attached hydrogens (tertiary/aromatic N) is 3. The van der Waals surface area contributed by atoms with Gasteiger partial charge in [0, 0.05) is 16.8 Å². The molecule has 1 aromatic carbocycles. The molecule has 20 heavy (non-hydrogen) atoms. The Hall–Kier alpha value is -1.95. The first-order valence-electron chi connectivity index (χ1n) is 6.17. The molecule has 0 radical (unpaired) electrons. The van der Waals surface area contributed by atoms with Crippen LogP contribution >= 0.6 is 11.6 Å². The quantitative estimate of drug-likeness (QED) is 0.879. The number of halogens is 1. The number of aliphatic imine (C=N–C) groups is 2. The highest BCUT2D eigenvalue weighted by atomic mass is 35.5. The van der Waals surface area contributed by atoms with Crippen LogP contribution in [0.2, 0.25) is 5.02 Å². The van der Waals surface area contributed by atoms with Crippen LogP contribution in [0.4, 0.5) is 5.69 Å². The van der Waals surface area contributed by atoms with Crippen LogP contribution in [0.5, 0.6) is 0 Å². The number of hydroxylamine groups is 2. The van der Waals surface area contributed by atoms with Crippen molar-refractivity contribution in [2.45, 2.75) is 0 Å². The molecule has 0 fully saturated rings. The molecular weight excluding hydrogens is 276 g/mol. The van der Waals surface area contributed by atoms with Gasteiger partial charge >= 0.3 is 0 Å². The maximum Gasteiger partial charge on any atom is 0.149 e. The van der Waals surface area contributed by atoms with Crippen molar-refractivity contribution in [1.29, 1.82) is 0 Å². The van der Waals surface area contributed by atoms with Crippen molar-refractivity contribution in [1.82, 2.24) is 10.4 Å². The van der Waals surface area contributed by atoms with Crippen LogP contribution in [0, 0.1) is 0 Å². The van der Waals surface area contributed by atoms with E-state index in [-0.39, 0.29) is 0 Å². The lowest BCUT2D eigenvalue weighted by atomic mass is 10.1. The number of fused-ring (bicyclic) bond motifs is 1. The molecule has 0 saturated heterocycles. The first-order valence-corrected chi connectivity index (χ1v) is 6.54. The summed E-state index contributed by atoms with van der Waals surface area (Å²) < 4.78 is 0. The molecule has 2 aliphatic heterocycles. The van der Waals surface area contributed by atoms with E-state index < -0.39 is 0 Å². The maximum atomic E-state index is 10.4. The Morgan fingerprint density at radius 3 is 2.95 bits per heavy atom. The first kappa shape index (κ1) is 13.1. The van der Waals surface area contributed by atoms with Crippen molar-refractivity contribution in [2.75, 3.05) is 13.6 Å². The second-order valence-electron chi connectivity index (χ2n) is 4.40. The van der Waals surface area contributed by atoms with Crippen molar-refractivity contribution in [2.24, 2.45) is 9.98 Å². The molecule has 102 valence electrons. The minimum atomic E-state index is 0.447. The number of hydrogen-bond acceptors (Lipinski definition) is 5. The molecule has 2 N–H and O–H groups in total. The molecule has 2 heterocycles. The van der Waals surface area contributed by atoms with Crippen molar-refractivity contribution in [3.8, 4) is 0 Å². The summed E-state index contributed by atoms with van der Waals surface area (Å²) in [4.78, 5) is 8.70. The van der Waals surface area contributed by atoms with Gasteiger partial charge in [-0.3, -0.25) is 10.2 Å². The summed E-state index contributed by atoms with van der Waals surface area (Å²) >= 11 is 6.05. The second kappa shape index (κ2) is 5.20. The van der Waals surface area contributed by atoms with Crippen LogP contribution < -0.4 is 5.32 Å². The monoisotopic (exact) mass is 288 g/mol. The largest absolute Gasteiger partial charge is 0.313 e. The van der Waals surface area contributed by atoms with Crippen LogP contribution in [0.1, 0.15) is 5.56 Å². The van der Waals surface area contributed by atoms with E-state index >= 15 is 0 Å². The lowest BCUT2D eigenvalue weighted by molar-refractivity contribution is 0.0474. The van der Waals surface area contributed by atoms with Gasteiger partial charge in [-0.15, -0.1) is 0 Å². The van der Waals surface area contributed by atoms with E-state index in [9.17, 15) is 5.21 Å². The lowest BCUT2D eigenvalue weighted by Crippen LogP contribution is -2.36.